The molecule has 1 heterocycles. The Bertz CT molecular complexity index is 702. The maximum atomic E-state index is 12.8. The summed E-state index contributed by atoms with van der Waals surface area (Å²) in [5, 5.41) is 0.619. The number of ether oxygens (including phenoxy) is 1. The molecular formula is C19H22ClNO3. The second kappa shape index (κ2) is 7.67. The van der Waals surface area contributed by atoms with Crippen LogP contribution in [0, 0.1) is 5.92 Å². The van der Waals surface area contributed by atoms with Gasteiger partial charge in [0.1, 0.15) is 0 Å². The summed E-state index contributed by atoms with van der Waals surface area (Å²) in [5.41, 5.74) is 2.17. The molecule has 5 heteroatoms. The highest BCUT2D eigenvalue weighted by Crippen LogP contribution is 2.32. The number of benzene rings is 1. The molecule has 1 aliphatic rings. The molecule has 0 N–H and O–H groups in total. The van der Waals surface area contributed by atoms with E-state index in [2.05, 4.69) is 0 Å². The molecule has 0 unspecified atom stereocenters. The minimum absolute atomic E-state index is 0.167. The Morgan fingerprint density at radius 1 is 1.29 bits per heavy atom. The fourth-order valence-electron chi connectivity index (χ4n) is 2.64. The summed E-state index contributed by atoms with van der Waals surface area (Å²) in [6, 6.07) is 7.12. The molecular weight excluding hydrogens is 326 g/mol. The van der Waals surface area contributed by atoms with Crippen LogP contribution in [-0.2, 0) is 14.3 Å². The van der Waals surface area contributed by atoms with Crippen LogP contribution in [0.5, 0.6) is 0 Å². The zero-order chi connectivity index (χ0) is 17.9. The van der Waals surface area contributed by atoms with Gasteiger partial charge >= 0.3 is 5.97 Å². The third-order valence-corrected chi connectivity index (χ3v) is 3.97. The molecule has 1 aliphatic heterocycles. The molecule has 1 aromatic rings. The lowest BCUT2D eigenvalue weighted by atomic mass is 10.0. The van der Waals surface area contributed by atoms with Gasteiger partial charge in [0, 0.05) is 17.3 Å². The number of nitrogens with zero attached hydrogens (tertiary/aromatic N) is 1. The number of carbonyl (C=O) groups is 2. The number of rotatable bonds is 5. The maximum absolute atomic E-state index is 12.8. The third-order valence-electron chi connectivity index (χ3n) is 3.72. The molecule has 0 spiro atoms. The van der Waals surface area contributed by atoms with Crippen molar-refractivity contribution in [3.8, 4) is 0 Å². The number of esters is 1. The van der Waals surface area contributed by atoms with E-state index < -0.39 is 5.97 Å². The molecule has 1 amide bonds. The van der Waals surface area contributed by atoms with Crippen molar-refractivity contribution in [2.75, 3.05) is 13.2 Å². The topological polar surface area (TPSA) is 46.6 Å². The lowest BCUT2D eigenvalue weighted by Crippen LogP contribution is -2.28. The first kappa shape index (κ1) is 18.3. The van der Waals surface area contributed by atoms with E-state index in [9.17, 15) is 9.59 Å². The van der Waals surface area contributed by atoms with Crippen molar-refractivity contribution in [2.24, 2.45) is 5.92 Å². The van der Waals surface area contributed by atoms with Crippen molar-refractivity contribution in [1.82, 2.24) is 4.90 Å². The maximum Gasteiger partial charge on any atom is 0.340 e. The summed E-state index contributed by atoms with van der Waals surface area (Å²) in [4.78, 5) is 26.8. The molecule has 0 atom stereocenters. The molecule has 0 bridgehead atoms. The Balaban J connectivity index is 2.48. The third kappa shape index (κ3) is 3.88. The predicted molar refractivity (Wildman–Crippen MR) is 95.3 cm³/mol. The summed E-state index contributed by atoms with van der Waals surface area (Å²) < 4.78 is 5.15. The molecule has 0 saturated carbocycles. The van der Waals surface area contributed by atoms with Crippen LogP contribution in [0.3, 0.4) is 0 Å². The summed E-state index contributed by atoms with van der Waals surface area (Å²) >= 11 is 5.90. The second-order valence-electron chi connectivity index (χ2n) is 6.10. The van der Waals surface area contributed by atoms with Gasteiger partial charge in [-0.3, -0.25) is 4.79 Å². The van der Waals surface area contributed by atoms with Gasteiger partial charge in [0.25, 0.3) is 5.91 Å². The lowest BCUT2D eigenvalue weighted by Gasteiger charge is -2.19. The van der Waals surface area contributed by atoms with Crippen LogP contribution < -0.4 is 0 Å². The standard InChI is InChI=1S/C19H22ClNO3/c1-5-24-19(23)17-13(4)21(11-12(2)3)18(22)16(17)10-14-6-8-15(20)9-7-14/h6-10,12H,5,11H2,1-4H3/b16-10+. The smallest absolute Gasteiger partial charge is 0.340 e. The van der Waals surface area contributed by atoms with Crippen molar-refractivity contribution < 1.29 is 14.3 Å². The van der Waals surface area contributed by atoms with Crippen LogP contribution >= 0.6 is 11.6 Å². The number of carbonyl (C=O) groups excluding carboxylic acids is 2. The SMILES string of the molecule is CCOC(=O)C1=C(C)N(CC(C)C)C(=O)/C1=C/c1ccc(Cl)cc1. The molecule has 4 nitrogen and oxygen atoms in total. The van der Waals surface area contributed by atoms with E-state index >= 15 is 0 Å². The lowest BCUT2D eigenvalue weighted by molar-refractivity contribution is -0.138. The molecule has 1 aromatic carbocycles. The first-order valence-electron chi connectivity index (χ1n) is 8.02. The van der Waals surface area contributed by atoms with Gasteiger partial charge in [-0.25, -0.2) is 4.79 Å². The van der Waals surface area contributed by atoms with Gasteiger partial charge in [-0.1, -0.05) is 37.6 Å². The molecule has 0 radical (unpaired) electrons. The average Bonchev–Trinajstić information content (AvgIpc) is 2.74. The van der Waals surface area contributed by atoms with Crippen molar-refractivity contribution in [3.63, 3.8) is 0 Å². The number of hydrogen-bond donors (Lipinski definition) is 0. The van der Waals surface area contributed by atoms with Crippen LogP contribution in [0.4, 0.5) is 0 Å². The van der Waals surface area contributed by atoms with Gasteiger partial charge in [0.15, 0.2) is 0 Å². The largest absolute Gasteiger partial charge is 0.462 e. The van der Waals surface area contributed by atoms with Crippen LogP contribution in [0.25, 0.3) is 6.08 Å². The Labute approximate surface area is 147 Å². The van der Waals surface area contributed by atoms with E-state index in [0.29, 0.717) is 34.3 Å². The van der Waals surface area contributed by atoms with Gasteiger partial charge in [0.05, 0.1) is 17.8 Å². The van der Waals surface area contributed by atoms with E-state index in [1.54, 1.807) is 37.0 Å². The van der Waals surface area contributed by atoms with Gasteiger partial charge in [-0.2, -0.15) is 0 Å². The summed E-state index contributed by atoms with van der Waals surface area (Å²) in [5.74, 6) is -0.337. The normalized spacial score (nSPS) is 16.5. The van der Waals surface area contributed by atoms with Crippen LogP contribution in [0.15, 0.2) is 41.1 Å². The Morgan fingerprint density at radius 3 is 2.46 bits per heavy atom. The van der Waals surface area contributed by atoms with Crippen molar-refractivity contribution in [1.29, 1.82) is 0 Å². The van der Waals surface area contributed by atoms with E-state index in [-0.39, 0.29) is 12.5 Å². The van der Waals surface area contributed by atoms with Gasteiger partial charge in [-0.05, 0) is 43.5 Å². The van der Waals surface area contributed by atoms with Crippen LogP contribution in [-0.4, -0.2) is 29.9 Å². The van der Waals surface area contributed by atoms with Gasteiger partial charge in [0.2, 0.25) is 0 Å². The summed E-state index contributed by atoms with van der Waals surface area (Å²) in [7, 11) is 0. The molecule has 0 aromatic heterocycles. The number of amides is 1. The van der Waals surface area contributed by atoms with Crippen molar-refractivity contribution in [3.05, 3.63) is 51.7 Å². The summed E-state index contributed by atoms with van der Waals surface area (Å²) in [6.07, 6.45) is 1.72. The molecule has 2 rings (SSSR count). The predicted octanol–water partition coefficient (Wildman–Crippen LogP) is 4.06. The average molecular weight is 348 g/mol. The second-order valence-corrected chi connectivity index (χ2v) is 6.54. The van der Waals surface area contributed by atoms with E-state index in [1.165, 1.54) is 0 Å². The highest BCUT2D eigenvalue weighted by Gasteiger charge is 2.37. The minimum atomic E-state index is -0.463. The zero-order valence-corrected chi connectivity index (χ0v) is 15.2. The first-order chi connectivity index (χ1) is 11.3. The first-order valence-corrected chi connectivity index (χ1v) is 8.40. The molecule has 0 fully saturated rings. The molecule has 128 valence electrons. The van der Waals surface area contributed by atoms with Gasteiger partial charge < -0.3 is 9.64 Å². The Hall–Kier alpha value is -2.07. The zero-order valence-electron chi connectivity index (χ0n) is 14.4. The number of allylic oxidation sites excluding steroid dienone is 1. The van der Waals surface area contributed by atoms with Crippen molar-refractivity contribution >= 4 is 29.6 Å². The fraction of sp³-hybridized carbons (Fsp3) is 0.368. The van der Waals surface area contributed by atoms with Crippen LogP contribution in [0.1, 0.15) is 33.3 Å². The van der Waals surface area contributed by atoms with Crippen LogP contribution in [0.2, 0.25) is 5.02 Å². The van der Waals surface area contributed by atoms with E-state index in [1.807, 2.05) is 26.0 Å². The Kier molecular flexibility index (Phi) is 5.84. The fourth-order valence-corrected chi connectivity index (χ4v) is 2.77. The molecule has 0 saturated heterocycles. The Morgan fingerprint density at radius 2 is 1.92 bits per heavy atom. The summed E-state index contributed by atoms with van der Waals surface area (Å²) in [6.45, 7) is 8.43. The van der Waals surface area contributed by atoms with Gasteiger partial charge in [-0.15, -0.1) is 0 Å². The minimum Gasteiger partial charge on any atom is -0.462 e. The highest BCUT2D eigenvalue weighted by atomic mass is 35.5. The van der Waals surface area contributed by atoms with Crippen molar-refractivity contribution in [2.45, 2.75) is 27.7 Å². The molecule has 24 heavy (non-hydrogen) atoms. The van der Waals surface area contributed by atoms with E-state index in [4.69, 9.17) is 16.3 Å². The monoisotopic (exact) mass is 347 g/mol. The number of hydrogen-bond acceptors (Lipinski definition) is 3. The number of halogens is 1. The quantitative estimate of drug-likeness (QED) is 0.596. The molecule has 0 aliphatic carbocycles. The highest BCUT2D eigenvalue weighted by molar-refractivity contribution is 6.30. The van der Waals surface area contributed by atoms with E-state index in [0.717, 1.165) is 5.56 Å².